The molecule has 0 saturated carbocycles. The van der Waals surface area contributed by atoms with Crippen LogP contribution in [0.3, 0.4) is 0 Å². The molecule has 19 heavy (non-hydrogen) atoms. The van der Waals surface area contributed by atoms with Crippen LogP contribution in [0.5, 0.6) is 11.5 Å². The monoisotopic (exact) mass is 263 g/mol. The van der Waals surface area contributed by atoms with Crippen molar-refractivity contribution in [1.82, 2.24) is 0 Å². The minimum Gasteiger partial charge on any atom is -0.497 e. The Bertz CT molecular complexity index is 482. The smallest absolute Gasteiger partial charge is 0.157 e. The highest BCUT2D eigenvalue weighted by Gasteiger charge is 2.38. The average Bonchev–Trinajstić information content (AvgIpc) is 2.41. The third-order valence-electron chi connectivity index (χ3n) is 3.82. The van der Waals surface area contributed by atoms with Crippen LogP contribution in [0.25, 0.3) is 0 Å². The molecule has 0 aliphatic carbocycles. The summed E-state index contributed by atoms with van der Waals surface area (Å²) in [6.45, 7) is 4.78. The fraction of sp³-hybridized carbons (Fsp3) is 0.533. The van der Waals surface area contributed by atoms with Crippen LogP contribution in [0.15, 0.2) is 18.2 Å². The van der Waals surface area contributed by atoms with Crippen LogP contribution in [0, 0.1) is 0 Å². The number of hydrogen-bond donors (Lipinski definition) is 0. The van der Waals surface area contributed by atoms with Crippen molar-refractivity contribution in [2.24, 2.45) is 0 Å². The van der Waals surface area contributed by atoms with Gasteiger partial charge in [0.05, 0.1) is 25.4 Å². The lowest BCUT2D eigenvalue weighted by molar-refractivity contribution is -0.124. The molecule has 0 atom stereocenters. The third kappa shape index (κ3) is 2.39. The summed E-state index contributed by atoms with van der Waals surface area (Å²) in [5, 5.41) is 0. The van der Waals surface area contributed by atoms with E-state index < -0.39 is 5.54 Å². The Morgan fingerprint density at radius 3 is 2.58 bits per heavy atom. The van der Waals surface area contributed by atoms with Gasteiger partial charge >= 0.3 is 0 Å². The maximum atomic E-state index is 12.1. The molecule has 1 fully saturated rings. The molecule has 0 spiro atoms. The molecule has 0 unspecified atom stereocenters. The molecule has 4 heteroatoms. The summed E-state index contributed by atoms with van der Waals surface area (Å²) in [5.74, 6) is 1.80. The Hall–Kier alpha value is -1.71. The molecule has 4 nitrogen and oxygen atoms in total. The number of piperidine rings is 1. The zero-order valence-corrected chi connectivity index (χ0v) is 12.0. The van der Waals surface area contributed by atoms with E-state index in [9.17, 15) is 4.79 Å². The third-order valence-corrected chi connectivity index (χ3v) is 3.82. The van der Waals surface area contributed by atoms with E-state index in [-0.39, 0.29) is 5.78 Å². The van der Waals surface area contributed by atoms with Crippen molar-refractivity contribution in [2.75, 3.05) is 25.7 Å². The summed E-state index contributed by atoms with van der Waals surface area (Å²) < 4.78 is 10.7. The quantitative estimate of drug-likeness (QED) is 0.840. The highest BCUT2D eigenvalue weighted by molar-refractivity contribution is 5.92. The molecule has 0 amide bonds. The van der Waals surface area contributed by atoms with E-state index in [0.29, 0.717) is 6.42 Å². The lowest BCUT2D eigenvalue weighted by Crippen LogP contribution is -2.54. The Labute approximate surface area is 114 Å². The molecular formula is C15H21NO3. The Balaban J connectivity index is 2.47. The van der Waals surface area contributed by atoms with Crippen molar-refractivity contribution in [1.29, 1.82) is 0 Å². The predicted molar refractivity (Wildman–Crippen MR) is 75.2 cm³/mol. The maximum absolute atomic E-state index is 12.1. The number of anilines is 1. The Morgan fingerprint density at radius 1 is 1.21 bits per heavy atom. The standard InChI is InChI=1S/C15H21NO3/c1-15(2)14(17)6-5-9-16(15)12-10-11(18-3)7-8-13(12)19-4/h7-8,10H,5-6,9H2,1-4H3. The number of Topliss-reactive ketones (excluding diaryl/α,β-unsaturated/α-hetero) is 1. The topological polar surface area (TPSA) is 38.8 Å². The SMILES string of the molecule is COc1ccc(OC)c(N2CCCC(=O)C2(C)C)c1. The molecule has 2 rings (SSSR count). The van der Waals surface area contributed by atoms with Crippen molar-refractivity contribution < 1.29 is 14.3 Å². The summed E-state index contributed by atoms with van der Waals surface area (Å²) in [6, 6.07) is 5.67. The molecular weight excluding hydrogens is 242 g/mol. The number of carbonyl (C=O) groups excluding carboxylic acids is 1. The zero-order valence-electron chi connectivity index (χ0n) is 12.0. The van der Waals surface area contributed by atoms with E-state index in [4.69, 9.17) is 9.47 Å². The summed E-state index contributed by atoms with van der Waals surface area (Å²) in [5.41, 5.74) is 0.414. The van der Waals surface area contributed by atoms with Gasteiger partial charge in [0.1, 0.15) is 11.5 Å². The average molecular weight is 263 g/mol. The van der Waals surface area contributed by atoms with E-state index in [1.807, 2.05) is 32.0 Å². The number of hydrogen-bond acceptors (Lipinski definition) is 4. The van der Waals surface area contributed by atoms with E-state index in [2.05, 4.69) is 4.90 Å². The highest BCUT2D eigenvalue weighted by atomic mass is 16.5. The van der Waals surface area contributed by atoms with Crippen molar-refractivity contribution in [3.8, 4) is 11.5 Å². The van der Waals surface area contributed by atoms with E-state index >= 15 is 0 Å². The molecule has 0 bridgehead atoms. The van der Waals surface area contributed by atoms with Crippen molar-refractivity contribution >= 4 is 11.5 Å². The second-order valence-electron chi connectivity index (χ2n) is 5.28. The summed E-state index contributed by atoms with van der Waals surface area (Å²) in [4.78, 5) is 14.3. The zero-order chi connectivity index (χ0) is 14.0. The first-order valence-electron chi connectivity index (χ1n) is 6.53. The second kappa shape index (κ2) is 5.11. The summed E-state index contributed by atoms with van der Waals surface area (Å²) in [6.07, 6.45) is 1.53. The van der Waals surface area contributed by atoms with Gasteiger partial charge in [0.15, 0.2) is 5.78 Å². The minimum atomic E-state index is -0.502. The van der Waals surface area contributed by atoms with Crippen LogP contribution in [0.1, 0.15) is 26.7 Å². The molecule has 1 aromatic rings. The first-order chi connectivity index (χ1) is 9.00. The molecule has 1 heterocycles. The number of ketones is 1. The highest BCUT2D eigenvalue weighted by Crippen LogP contribution is 2.38. The normalized spacial score (nSPS) is 18.3. The van der Waals surface area contributed by atoms with Crippen LogP contribution in [-0.2, 0) is 4.79 Å². The van der Waals surface area contributed by atoms with Crippen LogP contribution >= 0.6 is 0 Å². The Morgan fingerprint density at radius 2 is 1.95 bits per heavy atom. The lowest BCUT2D eigenvalue weighted by Gasteiger charge is -2.43. The molecule has 0 radical (unpaired) electrons. The number of nitrogens with zero attached hydrogens (tertiary/aromatic N) is 1. The molecule has 104 valence electrons. The molecule has 1 saturated heterocycles. The fourth-order valence-corrected chi connectivity index (χ4v) is 2.56. The minimum absolute atomic E-state index is 0.267. The van der Waals surface area contributed by atoms with Gasteiger partial charge in [-0.2, -0.15) is 0 Å². The maximum Gasteiger partial charge on any atom is 0.157 e. The molecule has 0 N–H and O–H groups in total. The Kier molecular flexibility index (Phi) is 3.69. The van der Waals surface area contributed by atoms with Crippen molar-refractivity contribution in [3.63, 3.8) is 0 Å². The van der Waals surface area contributed by atoms with E-state index in [0.717, 1.165) is 30.2 Å². The number of ether oxygens (including phenoxy) is 2. The van der Waals surface area contributed by atoms with Crippen LogP contribution in [0.2, 0.25) is 0 Å². The van der Waals surface area contributed by atoms with Crippen LogP contribution in [0.4, 0.5) is 5.69 Å². The van der Waals surface area contributed by atoms with E-state index in [1.54, 1.807) is 14.2 Å². The van der Waals surface area contributed by atoms with Crippen LogP contribution < -0.4 is 14.4 Å². The van der Waals surface area contributed by atoms with Gasteiger partial charge < -0.3 is 14.4 Å². The molecule has 0 aromatic heterocycles. The summed E-state index contributed by atoms with van der Waals surface area (Å²) >= 11 is 0. The van der Waals surface area contributed by atoms with Gasteiger partial charge in [-0.3, -0.25) is 4.79 Å². The number of benzene rings is 1. The van der Waals surface area contributed by atoms with Crippen molar-refractivity contribution in [3.05, 3.63) is 18.2 Å². The second-order valence-corrected chi connectivity index (χ2v) is 5.28. The van der Waals surface area contributed by atoms with Gasteiger partial charge in [-0.1, -0.05) is 0 Å². The van der Waals surface area contributed by atoms with Gasteiger partial charge in [-0.05, 0) is 32.4 Å². The largest absolute Gasteiger partial charge is 0.497 e. The first-order valence-corrected chi connectivity index (χ1v) is 6.53. The van der Waals surface area contributed by atoms with Gasteiger partial charge in [0, 0.05) is 19.0 Å². The van der Waals surface area contributed by atoms with Gasteiger partial charge in [-0.15, -0.1) is 0 Å². The van der Waals surface area contributed by atoms with Gasteiger partial charge in [-0.25, -0.2) is 0 Å². The summed E-state index contributed by atoms with van der Waals surface area (Å²) in [7, 11) is 3.28. The van der Waals surface area contributed by atoms with Crippen LogP contribution in [-0.4, -0.2) is 32.1 Å². The molecule has 1 aromatic carbocycles. The number of methoxy groups -OCH3 is 2. The van der Waals surface area contributed by atoms with E-state index in [1.165, 1.54) is 0 Å². The van der Waals surface area contributed by atoms with Gasteiger partial charge in [0.2, 0.25) is 0 Å². The molecule has 1 aliphatic rings. The van der Waals surface area contributed by atoms with Crippen molar-refractivity contribution in [2.45, 2.75) is 32.2 Å². The lowest BCUT2D eigenvalue weighted by atomic mass is 9.88. The predicted octanol–water partition coefficient (Wildman–Crippen LogP) is 2.65. The van der Waals surface area contributed by atoms with Gasteiger partial charge in [0.25, 0.3) is 0 Å². The first kappa shape index (κ1) is 13.7. The number of rotatable bonds is 3. The fourth-order valence-electron chi connectivity index (χ4n) is 2.56. The molecule has 1 aliphatic heterocycles. The number of carbonyl (C=O) groups is 1.